The summed E-state index contributed by atoms with van der Waals surface area (Å²) in [7, 11) is 3.92. The zero-order valence-electron chi connectivity index (χ0n) is 13.3. The monoisotopic (exact) mass is 308 g/mol. The summed E-state index contributed by atoms with van der Waals surface area (Å²) < 4.78 is 5.41. The van der Waals surface area contributed by atoms with Gasteiger partial charge in [0.15, 0.2) is 11.4 Å². The number of aromatic nitrogens is 1. The predicted molar refractivity (Wildman–Crippen MR) is 88.9 cm³/mol. The standard InChI is InChI=1S/C19H20N2O2/c1-21(2)14-17-13-18(20-23-17)19(22,15-9-5-3-6-10-15)16-11-7-4-8-12-16/h3-13,22H,14H2,1-2H3. The minimum Gasteiger partial charge on any atom is -0.374 e. The third-order valence-electron chi connectivity index (χ3n) is 3.78. The number of aliphatic hydroxyl groups is 1. The van der Waals surface area contributed by atoms with Gasteiger partial charge in [-0.05, 0) is 25.2 Å². The van der Waals surface area contributed by atoms with Crippen molar-refractivity contribution in [2.45, 2.75) is 12.1 Å². The van der Waals surface area contributed by atoms with Gasteiger partial charge in [0.05, 0.1) is 6.54 Å². The lowest BCUT2D eigenvalue weighted by molar-refractivity contribution is 0.116. The van der Waals surface area contributed by atoms with Gasteiger partial charge in [-0.25, -0.2) is 0 Å². The molecule has 3 rings (SSSR count). The van der Waals surface area contributed by atoms with Crippen molar-refractivity contribution in [1.29, 1.82) is 0 Å². The summed E-state index contributed by atoms with van der Waals surface area (Å²) in [5.74, 6) is 0.718. The average molecular weight is 308 g/mol. The molecule has 118 valence electrons. The van der Waals surface area contributed by atoms with Gasteiger partial charge >= 0.3 is 0 Å². The first-order chi connectivity index (χ1) is 11.1. The number of hydrogen-bond acceptors (Lipinski definition) is 4. The van der Waals surface area contributed by atoms with Gasteiger partial charge in [-0.1, -0.05) is 65.8 Å². The summed E-state index contributed by atoms with van der Waals surface area (Å²) in [6.07, 6.45) is 0. The lowest BCUT2D eigenvalue weighted by Gasteiger charge is -2.27. The zero-order chi connectivity index (χ0) is 16.3. The molecular formula is C19H20N2O2. The molecule has 0 atom stereocenters. The molecule has 3 aromatic rings. The molecule has 0 spiro atoms. The number of rotatable bonds is 5. The first-order valence-electron chi connectivity index (χ1n) is 7.55. The Balaban J connectivity index is 2.11. The quantitative estimate of drug-likeness (QED) is 0.787. The molecule has 0 saturated heterocycles. The second-order valence-corrected chi connectivity index (χ2v) is 5.86. The van der Waals surface area contributed by atoms with Crippen LogP contribution in [0.5, 0.6) is 0 Å². The van der Waals surface area contributed by atoms with Crippen LogP contribution in [0.25, 0.3) is 0 Å². The summed E-state index contributed by atoms with van der Waals surface area (Å²) in [6.45, 7) is 0.632. The molecular weight excluding hydrogens is 288 g/mol. The maximum Gasteiger partial charge on any atom is 0.160 e. The summed E-state index contributed by atoms with van der Waals surface area (Å²) in [4.78, 5) is 1.99. The van der Waals surface area contributed by atoms with E-state index in [9.17, 15) is 5.11 Å². The Kier molecular flexibility index (Phi) is 4.28. The van der Waals surface area contributed by atoms with Gasteiger partial charge in [0.1, 0.15) is 5.69 Å². The van der Waals surface area contributed by atoms with E-state index in [-0.39, 0.29) is 0 Å². The van der Waals surface area contributed by atoms with E-state index in [1.54, 1.807) is 0 Å². The number of benzene rings is 2. The molecule has 23 heavy (non-hydrogen) atoms. The molecule has 4 heteroatoms. The van der Waals surface area contributed by atoms with Crippen LogP contribution < -0.4 is 0 Å². The Morgan fingerprint density at radius 3 is 1.96 bits per heavy atom. The molecule has 1 heterocycles. The van der Waals surface area contributed by atoms with Crippen LogP contribution in [-0.4, -0.2) is 29.3 Å². The highest BCUT2D eigenvalue weighted by Crippen LogP contribution is 2.36. The van der Waals surface area contributed by atoms with E-state index in [2.05, 4.69) is 5.16 Å². The normalized spacial score (nSPS) is 11.8. The van der Waals surface area contributed by atoms with Gasteiger partial charge < -0.3 is 14.5 Å². The fourth-order valence-electron chi connectivity index (χ4n) is 2.69. The summed E-state index contributed by atoms with van der Waals surface area (Å²) in [5, 5.41) is 15.7. The fraction of sp³-hybridized carbons (Fsp3) is 0.211. The molecule has 0 aliphatic rings. The molecule has 0 aliphatic heterocycles. The van der Waals surface area contributed by atoms with E-state index in [1.807, 2.05) is 85.7 Å². The molecule has 2 aromatic carbocycles. The molecule has 0 saturated carbocycles. The summed E-state index contributed by atoms with van der Waals surface area (Å²) in [5.41, 5.74) is 0.676. The smallest absolute Gasteiger partial charge is 0.160 e. The van der Waals surface area contributed by atoms with Gasteiger partial charge in [0, 0.05) is 6.07 Å². The van der Waals surface area contributed by atoms with Crippen molar-refractivity contribution in [3.8, 4) is 0 Å². The molecule has 4 nitrogen and oxygen atoms in total. The van der Waals surface area contributed by atoms with Gasteiger partial charge in [-0.15, -0.1) is 0 Å². The summed E-state index contributed by atoms with van der Waals surface area (Å²) in [6, 6.07) is 20.9. The van der Waals surface area contributed by atoms with Gasteiger partial charge in [0.2, 0.25) is 0 Å². The van der Waals surface area contributed by atoms with Gasteiger partial charge in [-0.3, -0.25) is 0 Å². The SMILES string of the molecule is CN(C)Cc1cc(C(O)(c2ccccc2)c2ccccc2)no1. The molecule has 0 amide bonds. The zero-order valence-corrected chi connectivity index (χ0v) is 13.3. The first-order valence-corrected chi connectivity index (χ1v) is 7.55. The Labute approximate surface area is 136 Å². The lowest BCUT2D eigenvalue weighted by Crippen LogP contribution is -2.29. The van der Waals surface area contributed by atoms with E-state index < -0.39 is 5.60 Å². The molecule has 0 fully saturated rings. The Morgan fingerprint density at radius 1 is 0.957 bits per heavy atom. The highest BCUT2D eigenvalue weighted by atomic mass is 16.5. The van der Waals surface area contributed by atoms with Gasteiger partial charge in [0.25, 0.3) is 0 Å². The van der Waals surface area contributed by atoms with Crippen molar-refractivity contribution in [1.82, 2.24) is 10.1 Å². The second-order valence-electron chi connectivity index (χ2n) is 5.86. The Hall–Kier alpha value is -2.43. The molecule has 0 bridgehead atoms. The largest absolute Gasteiger partial charge is 0.374 e. The van der Waals surface area contributed by atoms with Crippen LogP contribution >= 0.6 is 0 Å². The van der Waals surface area contributed by atoms with Crippen molar-refractivity contribution in [3.63, 3.8) is 0 Å². The van der Waals surface area contributed by atoms with E-state index in [0.717, 1.165) is 16.9 Å². The van der Waals surface area contributed by atoms with Gasteiger partial charge in [-0.2, -0.15) is 0 Å². The molecule has 1 aromatic heterocycles. The molecule has 0 unspecified atom stereocenters. The Morgan fingerprint density at radius 2 is 1.48 bits per heavy atom. The average Bonchev–Trinajstić information content (AvgIpc) is 3.04. The fourth-order valence-corrected chi connectivity index (χ4v) is 2.69. The van der Waals surface area contributed by atoms with Crippen LogP contribution in [0.1, 0.15) is 22.6 Å². The van der Waals surface area contributed by atoms with Crippen molar-refractivity contribution < 1.29 is 9.63 Å². The van der Waals surface area contributed by atoms with Crippen LogP contribution in [0.4, 0.5) is 0 Å². The highest BCUT2D eigenvalue weighted by Gasteiger charge is 2.37. The first kappa shape index (κ1) is 15.5. The maximum atomic E-state index is 11.5. The maximum absolute atomic E-state index is 11.5. The lowest BCUT2D eigenvalue weighted by atomic mass is 9.83. The topological polar surface area (TPSA) is 49.5 Å². The van der Waals surface area contributed by atoms with Crippen molar-refractivity contribution >= 4 is 0 Å². The minimum atomic E-state index is -1.34. The third-order valence-corrected chi connectivity index (χ3v) is 3.78. The third kappa shape index (κ3) is 3.04. The minimum absolute atomic E-state index is 0.492. The van der Waals surface area contributed by atoms with E-state index in [4.69, 9.17) is 4.52 Å². The predicted octanol–water partition coefficient (Wildman–Crippen LogP) is 3.02. The van der Waals surface area contributed by atoms with E-state index in [1.165, 1.54) is 0 Å². The van der Waals surface area contributed by atoms with Crippen molar-refractivity contribution in [2.75, 3.05) is 14.1 Å². The van der Waals surface area contributed by atoms with Crippen LogP contribution in [-0.2, 0) is 12.1 Å². The van der Waals surface area contributed by atoms with Crippen LogP contribution in [0.15, 0.2) is 71.3 Å². The molecule has 0 aliphatic carbocycles. The molecule has 1 N–H and O–H groups in total. The van der Waals surface area contributed by atoms with Crippen LogP contribution in [0.3, 0.4) is 0 Å². The van der Waals surface area contributed by atoms with E-state index >= 15 is 0 Å². The Bertz CT molecular complexity index is 712. The van der Waals surface area contributed by atoms with E-state index in [0.29, 0.717) is 12.2 Å². The van der Waals surface area contributed by atoms with Crippen LogP contribution in [0, 0.1) is 0 Å². The van der Waals surface area contributed by atoms with Crippen LogP contribution in [0.2, 0.25) is 0 Å². The van der Waals surface area contributed by atoms with Crippen molar-refractivity contribution in [3.05, 3.63) is 89.3 Å². The summed E-state index contributed by atoms with van der Waals surface area (Å²) >= 11 is 0. The highest BCUT2D eigenvalue weighted by molar-refractivity contribution is 5.44. The molecule has 0 radical (unpaired) electrons. The number of hydrogen-bond donors (Lipinski definition) is 1. The number of nitrogens with zero attached hydrogens (tertiary/aromatic N) is 2. The second kappa shape index (κ2) is 6.36. The van der Waals surface area contributed by atoms with Crippen molar-refractivity contribution in [2.24, 2.45) is 0 Å².